The number of H-pyrrole nitrogens is 1. The Morgan fingerprint density at radius 1 is 1.29 bits per heavy atom. The van der Waals surface area contributed by atoms with Gasteiger partial charge in [0.15, 0.2) is 0 Å². The van der Waals surface area contributed by atoms with Crippen molar-refractivity contribution in [2.24, 2.45) is 0 Å². The summed E-state index contributed by atoms with van der Waals surface area (Å²) in [4.78, 5) is 14.4. The number of aromatic nitrogens is 1. The normalized spacial score (nSPS) is 19.0. The van der Waals surface area contributed by atoms with Gasteiger partial charge in [-0.3, -0.25) is 4.79 Å². The summed E-state index contributed by atoms with van der Waals surface area (Å²) < 4.78 is 0. The first-order chi connectivity index (χ1) is 10.1. The molecule has 1 aliphatic carbocycles. The molecule has 1 aromatic heterocycles. The Hall–Kier alpha value is -1.58. The van der Waals surface area contributed by atoms with Gasteiger partial charge in [-0.15, -0.1) is 0 Å². The predicted octanol–water partition coefficient (Wildman–Crippen LogP) is 3.76. The van der Waals surface area contributed by atoms with E-state index < -0.39 is 0 Å². The number of fused-ring (bicyclic) bond motifs is 1. The fraction of sp³-hybridized carbons (Fsp3) is 0.353. The van der Waals surface area contributed by atoms with Crippen molar-refractivity contribution in [1.29, 1.82) is 0 Å². The Morgan fingerprint density at radius 3 is 2.90 bits per heavy atom. The molecule has 3 rings (SSSR count). The lowest BCUT2D eigenvalue weighted by Crippen LogP contribution is -2.29. The first kappa shape index (κ1) is 14.4. The third kappa shape index (κ3) is 3.04. The maximum absolute atomic E-state index is 11.4. The van der Waals surface area contributed by atoms with Gasteiger partial charge >= 0.3 is 0 Å². The number of halogens is 1. The quantitative estimate of drug-likeness (QED) is 0.907. The highest BCUT2D eigenvalue weighted by Gasteiger charge is 2.23. The van der Waals surface area contributed by atoms with Gasteiger partial charge < -0.3 is 10.3 Å². The number of aromatic amines is 1. The van der Waals surface area contributed by atoms with Crippen LogP contribution in [0.25, 0.3) is 0 Å². The van der Waals surface area contributed by atoms with Crippen LogP contribution in [0.5, 0.6) is 0 Å². The first-order valence-corrected chi connectivity index (χ1v) is 7.75. The van der Waals surface area contributed by atoms with E-state index in [0.29, 0.717) is 0 Å². The summed E-state index contributed by atoms with van der Waals surface area (Å²) in [6, 6.07) is 11.9. The van der Waals surface area contributed by atoms with Crippen LogP contribution in [0.4, 0.5) is 0 Å². The summed E-state index contributed by atoms with van der Waals surface area (Å²) in [6.07, 6.45) is 3.11. The molecule has 2 N–H and O–H groups in total. The Labute approximate surface area is 129 Å². The van der Waals surface area contributed by atoms with E-state index in [1.807, 2.05) is 24.3 Å². The van der Waals surface area contributed by atoms with Gasteiger partial charge in [-0.1, -0.05) is 35.9 Å². The SMILES string of the molecule is C[C@H](NC1CCCc2[nH]c(=O)ccc21)c1ccccc1Cl. The van der Waals surface area contributed by atoms with Crippen LogP contribution in [0, 0.1) is 0 Å². The molecule has 2 aromatic rings. The van der Waals surface area contributed by atoms with Gasteiger partial charge in [0.1, 0.15) is 0 Å². The molecule has 21 heavy (non-hydrogen) atoms. The van der Waals surface area contributed by atoms with E-state index in [1.165, 1.54) is 5.56 Å². The molecule has 4 heteroatoms. The lowest BCUT2D eigenvalue weighted by Gasteiger charge is -2.29. The van der Waals surface area contributed by atoms with E-state index >= 15 is 0 Å². The second kappa shape index (κ2) is 6.04. The molecule has 0 saturated heterocycles. The fourth-order valence-corrected chi connectivity index (χ4v) is 3.39. The zero-order chi connectivity index (χ0) is 14.8. The molecule has 110 valence electrons. The highest BCUT2D eigenvalue weighted by atomic mass is 35.5. The fourth-order valence-electron chi connectivity index (χ4n) is 3.09. The topological polar surface area (TPSA) is 44.9 Å². The van der Waals surface area contributed by atoms with Crippen LogP contribution in [-0.4, -0.2) is 4.98 Å². The molecular weight excluding hydrogens is 284 g/mol. The molecule has 0 amide bonds. The molecule has 0 radical (unpaired) electrons. The van der Waals surface area contributed by atoms with Crippen LogP contribution in [0.3, 0.4) is 0 Å². The summed E-state index contributed by atoms with van der Waals surface area (Å²) in [5.41, 5.74) is 3.36. The van der Waals surface area contributed by atoms with E-state index in [9.17, 15) is 4.79 Å². The molecule has 1 unspecified atom stereocenters. The van der Waals surface area contributed by atoms with Gasteiger partial charge in [-0.25, -0.2) is 0 Å². The molecule has 0 fully saturated rings. The zero-order valence-corrected chi connectivity index (χ0v) is 12.8. The minimum absolute atomic E-state index is 0.0199. The third-order valence-electron chi connectivity index (χ3n) is 4.15. The minimum atomic E-state index is -0.0199. The van der Waals surface area contributed by atoms with Crippen molar-refractivity contribution < 1.29 is 0 Å². The summed E-state index contributed by atoms with van der Waals surface area (Å²) in [5.74, 6) is 0. The molecule has 0 spiro atoms. The van der Waals surface area contributed by atoms with E-state index in [4.69, 9.17) is 11.6 Å². The monoisotopic (exact) mass is 302 g/mol. The van der Waals surface area contributed by atoms with E-state index in [1.54, 1.807) is 6.07 Å². The molecule has 0 saturated carbocycles. The van der Waals surface area contributed by atoms with Crippen molar-refractivity contribution in [3.05, 3.63) is 68.6 Å². The molecular formula is C17H19ClN2O. The van der Waals surface area contributed by atoms with Crippen LogP contribution in [-0.2, 0) is 6.42 Å². The second-order valence-electron chi connectivity index (χ2n) is 5.61. The number of hydrogen-bond acceptors (Lipinski definition) is 2. The Kier molecular flexibility index (Phi) is 4.13. The molecule has 2 atom stereocenters. The third-order valence-corrected chi connectivity index (χ3v) is 4.50. The van der Waals surface area contributed by atoms with Crippen LogP contribution < -0.4 is 10.9 Å². The minimum Gasteiger partial charge on any atom is -0.326 e. The van der Waals surface area contributed by atoms with Crippen LogP contribution >= 0.6 is 11.6 Å². The second-order valence-corrected chi connectivity index (χ2v) is 6.02. The van der Waals surface area contributed by atoms with Gasteiger partial charge in [-0.2, -0.15) is 0 Å². The van der Waals surface area contributed by atoms with Crippen LogP contribution in [0.15, 0.2) is 41.2 Å². The largest absolute Gasteiger partial charge is 0.326 e. The van der Waals surface area contributed by atoms with Crippen molar-refractivity contribution in [3.63, 3.8) is 0 Å². The number of pyridine rings is 1. The van der Waals surface area contributed by atoms with E-state index in [2.05, 4.69) is 23.3 Å². The van der Waals surface area contributed by atoms with Gasteiger partial charge in [0.05, 0.1) is 0 Å². The number of aryl methyl sites for hydroxylation is 1. The van der Waals surface area contributed by atoms with Crippen molar-refractivity contribution in [1.82, 2.24) is 10.3 Å². The number of hydrogen-bond donors (Lipinski definition) is 2. The summed E-state index contributed by atoms with van der Waals surface area (Å²) in [7, 11) is 0. The van der Waals surface area contributed by atoms with Crippen LogP contribution in [0.2, 0.25) is 5.02 Å². The average Bonchev–Trinajstić information content (AvgIpc) is 2.47. The van der Waals surface area contributed by atoms with Gasteiger partial charge in [0.25, 0.3) is 0 Å². The van der Waals surface area contributed by atoms with E-state index in [-0.39, 0.29) is 17.6 Å². The highest BCUT2D eigenvalue weighted by molar-refractivity contribution is 6.31. The average molecular weight is 303 g/mol. The maximum Gasteiger partial charge on any atom is 0.248 e. The predicted molar refractivity (Wildman–Crippen MR) is 85.7 cm³/mol. The molecule has 0 aliphatic heterocycles. The summed E-state index contributed by atoms with van der Waals surface area (Å²) >= 11 is 6.27. The van der Waals surface area contributed by atoms with Crippen molar-refractivity contribution in [3.8, 4) is 0 Å². The summed E-state index contributed by atoms with van der Waals surface area (Å²) in [6.45, 7) is 2.13. The molecule has 1 aromatic carbocycles. The first-order valence-electron chi connectivity index (χ1n) is 7.37. The maximum atomic E-state index is 11.4. The molecule has 1 heterocycles. The molecule has 1 aliphatic rings. The Bertz CT molecular complexity index is 695. The standard InChI is InChI=1S/C17H19ClN2O/c1-11(12-5-2-3-6-14(12)18)19-15-7-4-8-16-13(15)9-10-17(21)20-16/h2-3,5-6,9-11,15,19H,4,7-8H2,1H3,(H,20,21)/t11-,15?/m0/s1. The Balaban J connectivity index is 1.84. The van der Waals surface area contributed by atoms with Crippen LogP contribution in [0.1, 0.15) is 48.7 Å². The van der Waals surface area contributed by atoms with E-state index in [0.717, 1.165) is 35.5 Å². The number of rotatable bonds is 3. The van der Waals surface area contributed by atoms with Gasteiger partial charge in [0.2, 0.25) is 5.56 Å². The molecule has 3 nitrogen and oxygen atoms in total. The Morgan fingerprint density at radius 2 is 2.10 bits per heavy atom. The van der Waals surface area contributed by atoms with Crippen molar-refractivity contribution >= 4 is 11.6 Å². The smallest absolute Gasteiger partial charge is 0.248 e. The lowest BCUT2D eigenvalue weighted by molar-refractivity contribution is 0.411. The molecule has 0 bridgehead atoms. The lowest BCUT2D eigenvalue weighted by atomic mass is 9.90. The number of nitrogens with one attached hydrogen (secondary N) is 2. The summed E-state index contributed by atoms with van der Waals surface area (Å²) in [5, 5.41) is 4.43. The van der Waals surface area contributed by atoms with Gasteiger partial charge in [-0.05, 0) is 43.4 Å². The zero-order valence-electron chi connectivity index (χ0n) is 12.0. The van der Waals surface area contributed by atoms with Gasteiger partial charge in [0, 0.05) is 28.9 Å². The van der Waals surface area contributed by atoms with Crippen molar-refractivity contribution in [2.75, 3.05) is 0 Å². The van der Waals surface area contributed by atoms with Crippen molar-refractivity contribution in [2.45, 2.75) is 38.3 Å². The number of benzene rings is 1. The highest BCUT2D eigenvalue weighted by Crippen LogP contribution is 2.31.